The first kappa shape index (κ1) is 22.7. The molecule has 1 aromatic carbocycles. The van der Waals surface area contributed by atoms with E-state index in [4.69, 9.17) is 11.6 Å². The summed E-state index contributed by atoms with van der Waals surface area (Å²) < 4.78 is 0. The minimum atomic E-state index is -0.269. The summed E-state index contributed by atoms with van der Waals surface area (Å²) in [5, 5.41) is 3.12. The van der Waals surface area contributed by atoms with E-state index in [1.165, 1.54) is 64.2 Å². The molecule has 1 N–H and O–H groups in total. The van der Waals surface area contributed by atoms with Crippen LogP contribution in [0.2, 0.25) is 0 Å². The second-order valence-corrected chi connectivity index (χ2v) is 8.09. The topological polar surface area (TPSA) is 46.2 Å². The maximum Gasteiger partial charge on any atom is 0.211 e. The predicted octanol–water partition coefficient (Wildman–Crippen LogP) is 6.81. The Labute approximate surface area is 174 Å². The number of nitrogens with one attached hydrogen (secondary N) is 1. The van der Waals surface area contributed by atoms with Crippen LogP contribution in [0.3, 0.4) is 0 Å². The third kappa shape index (κ3) is 6.77. The number of halogens is 1. The van der Waals surface area contributed by atoms with Gasteiger partial charge in [-0.1, -0.05) is 113 Å². The Bertz CT molecular complexity index is 681. The fourth-order valence-corrected chi connectivity index (χ4v) is 3.94. The number of unbranched alkanes of at least 4 members (excludes halogenated alkanes) is 11. The van der Waals surface area contributed by atoms with Crippen molar-refractivity contribution in [3.8, 4) is 0 Å². The Morgan fingerprint density at radius 3 is 1.71 bits per heavy atom. The van der Waals surface area contributed by atoms with Crippen LogP contribution < -0.4 is 5.32 Å². The number of hydrogen-bond donors (Lipinski definition) is 1. The van der Waals surface area contributed by atoms with Crippen LogP contribution in [0, 0.1) is 0 Å². The molecule has 0 spiro atoms. The van der Waals surface area contributed by atoms with Crippen molar-refractivity contribution in [2.75, 3.05) is 6.54 Å². The summed E-state index contributed by atoms with van der Waals surface area (Å²) in [6.45, 7) is 2.93. The van der Waals surface area contributed by atoms with Crippen molar-refractivity contribution in [3.05, 3.63) is 46.1 Å². The molecule has 0 saturated carbocycles. The summed E-state index contributed by atoms with van der Waals surface area (Å²) in [6.07, 6.45) is 15.5. The molecule has 0 radical (unpaired) electrons. The van der Waals surface area contributed by atoms with E-state index in [9.17, 15) is 9.59 Å². The second kappa shape index (κ2) is 12.8. The number of carbonyl (C=O) groups is 2. The van der Waals surface area contributed by atoms with Gasteiger partial charge in [0.2, 0.25) is 11.6 Å². The average Bonchev–Trinajstić information content (AvgIpc) is 2.72. The molecule has 0 fully saturated rings. The van der Waals surface area contributed by atoms with Gasteiger partial charge in [0, 0.05) is 17.7 Å². The molecule has 3 nitrogen and oxygen atoms in total. The zero-order valence-corrected chi connectivity index (χ0v) is 18.0. The van der Waals surface area contributed by atoms with Gasteiger partial charge >= 0.3 is 0 Å². The van der Waals surface area contributed by atoms with Crippen molar-refractivity contribution < 1.29 is 9.59 Å². The lowest BCUT2D eigenvalue weighted by Gasteiger charge is -2.18. The first-order chi connectivity index (χ1) is 13.7. The predicted molar refractivity (Wildman–Crippen MR) is 117 cm³/mol. The molecule has 0 aliphatic heterocycles. The maximum atomic E-state index is 12.6. The number of hydrogen-bond acceptors (Lipinski definition) is 3. The van der Waals surface area contributed by atoms with Crippen LogP contribution in [0.4, 0.5) is 0 Å². The van der Waals surface area contributed by atoms with E-state index in [1.54, 1.807) is 24.3 Å². The van der Waals surface area contributed by atoms with Crippen LogP contribution in [-0.2, 0) is 0 Å². The number of fused-ring (bicyclic) bond motifs is 1. The highest BCUT2D eigenvalue weighted by Crippen LogP contribution is 2.27. The minimum absolute atomic E-state index is 0.0163. The van der Waals surface area contributed by atoms with Crippen LogP contribution >= 0.6 is 11.6 Å². The van der Waals surface area contributed by atoms with Gasteiger partial charge in [-0.05, 0) is 6.42 Å². The second-order valence-electron chi connectivity index (χ2n) is 7.71. The average molecular weight is 404 g/mol. The van der Waals surface area contributed by atoms with Gasteiger partial charge in [-0.2, -0.15) is 0 Å². The van der Waals surface area contributed by atoms with Gasteiger partial charge in [-0.3, -0.25) is 9.59 Å². The Morgan fingerprint density at radius 1 is 0.714 bits per heavy atom. The molecule has 4 heteroatoms. The Balaban J connectivity index is 1.57. The number of Topliss-reactive ketones (excluding diaryl/α,β-unsaturated/α-hetero) is 2. The smallest absolute Gasteiger partial charge is 0.211 e. The SMILES string of the molecule is CCCCCCCCCCCCCCNC1=C(Cl)C(=O)c2ccccc2C1=O. The van der Waals surface area contributed by atoms with Gasteiger partial charge < -0.3 is 5.32 Å². The van der Waals surface area contributed by atoms with Crippen molar-refractivity contribution >= 4 is 23.2 Å². The Hall–Kier alpha value is -1.61. The summed E-state index contributed by atoms with van der Waals surface area (Å²) in [4.78, 5) is 24.9. The van der Waals surface area contributed by atoms with Crippen molar-refractivity contribution in [2.45, 2.75) is 84.0 Å². The summed E-state index contributed by atoms with van der Waals surface area (Å²) in [6, 6.07) is 6.86. The van der Waals surface area contributed by atoms with Crippen LogP contribution in [0.5, 0.6) is 0 Å². The zero-order chi connectivity index (χ0) is 20.2. The summed E-state index contributed by atoms with van der Waals surface area (Å²) in [5.74, 6) is -0.451. The van der Waals surface area contributed by atoms with Crippen LogP contribution in [0.1, 0.15) is 105 Å². The van der Waals surface area contributed by atoms with Gasteiger partial charge in [-0.15, -0.1) is 0 Å². The molecule has 0 atom stereocenters. The van der Waals surface area contributed by atoms with E-state index in [-0.39, 0.29) is 22.3 Å². The molecule has 0 bridgehead atoms. The monoisotopic (exact) mass is 403 g/mol. The van der Waals surface area contributed by atoms with Crippen LogP contribution in [0.25, 0.3) is 0 Å². The normalized spacial score (nSPS) is 13.8. The Morgan fingerprint density at radius 2 is 1.18 bits per heavy atom. The molecular formula is C24H34ClNO2. The molecule has 0 aromatic heterocycles. The lowest BCUT2D eigenvalue weighted by molar-refractivity contribution is 0.0974. The first-order valence-corrected chi connectivity index (χ1v) is 11.4. The van der Waals surface area contributed by atoms with E-state index < -0.39 is 0 Å². The van der Waals surface area contributed by atoms with Crippen molar-refractivity contribution in [1.29, 1.82) is 0 Å². The third-order valence-corrected chi connectivity index (χ3v) is 5.75. The van der Waals surface area contributed by atoms with Crippen molar-refractivity contribution in [1.82, 2.24) is 5.32 Å². The fraction of sp³-hybridized carbons (Fsp3) is 0.583. The molecule has 0 amide bonds. The first-order valence-electron chi connectivity index (χ1n) is 11.0. The number of benzene rings is 1. The molecule has 1 aliphatic rings. The molecule has 1 aromatic rings. The van der Waals surface area contributed by atoms with Gasteiger partial charge in [-0.25, -0.2) is 0 Å². The van der Waals surface area contributed by atoms with E-state index in [1.807, 2.05) is 0 Å². The number of rotatable bonds is 14. The van der Waals surface area contributed by atoms with Crippen LogP contribution in [0.15, 0.2) is 35.0 Å². The number of ketones is 2. The van der Waals surface area contributed by atoms with Crippen LogP contribution in [-0.4, -0.2) is 18.1 Å². The Kier molecular flexibility index (Phi) is 10.3. The quantitative estimate of drug-likeness (QED) is 0.347. The molecule has 28 heavy (non-hydrogen) atoms. The summed E-state index contributed by atoms with van der Waals surface area (Å²) in [5.41, 5.74) is 1.09. The van der Waals surface area contributed by atoms with Crippen molar-refractivity contribution in [2.24, 2.45) is 0 Å². The summed E-state index contributed by atoms with van der Waals surface area (Å²) >= 11 is 6.15. The minimum Gasteiger partial charge on any atom is -0.381 e. The molecule has 2 rings (SSSR count). The van der Waals surface area contributed by atoms with Gasteiger partial charge in [0.25, 0.3) is 0 Å². The molecule has 1 aliphatic carbocycles. The highest BCUT2D eigenvalue weighted by atomic mass is 35.5. The van der Waals surface area contributed by atoms with E-state index in [0.29, 0.717) is 17.7 Å². The molecule has 0 heterocycles. The summed E-state index contributed by atoms with van der Waals surface area (Å²) in [7, 11) is 0. The third-order valence-electron chi connectivity index (χ3n) is 5.39. The van der Waals surface area contributed by atoms with Gasteiger partial charge in [0.05, 0.1) is 0 Å². The zero-order valence-electron chi connectivity index (χ0n) is 17.2. The number of allylic oxidation sites excluding steroid dienone is 2. The van der Waals surface area contributed by atoms with E-state index >= 15 is 0 Å². The number of carbonyl (C=O) groups excluding carboxylic acids is 2. The van der Waals surface area contributed by atoms with Gasteiger partial charge in [0.15, 0.2) is 0 Å². The molecule has 0 saturated heterocycles. The highest BCUT2D eigenvalue weighted by Gasteiger charge is 2.30. The lowest BCUT2D eigenvalue weighted by atomic mass is 9.92. The molecular weight excluding hydrogens is 370 g/mol. The largest absolute Gasteiger partial charge is 0.381 e. The maximum absolute atomic E-state index is 12.6. The van der Waals surface area contributed by atoms with Crippen molar-refractivity contribution in [3.63, 3.8) is 0 Å². The van der Waals surface area contributed by atoms with Gasteiger partial charge in [0.1, 0.15) is 10.7 Å². The lowest BCUT2D eigenvalue weighted by Crippen LogP contribution is -2.29. The molecule has 0 unspecified atom stereocenters. The standard InChI is InChI=1S/C24H34ClNO2/c1-2-3-4-5-6-7-8-9-10-11-12-15-18-26-22-21(25)23(27)19-16-13-14-17-20(19)24(22)28/h13-14,16-17,26H,2-12,15,18H2,1H3. The van der Waals surface area contributed by atoms with E-state index in [0.717, 1.165) is 12.8 Å². The van der Waals surface area contributed by atoms with E-state index in [2.05, 4.69) is 12.2 Å². The fourth-order valence-electron chi connectivity index (χ4n) is 3.68. The molecule has 154 valence electrons. The highest BCUT2D eigenvalue weighted by molar-refractivity contribution is 6.49.